The van der Waals surface area contributed by atoms with Gasteiger partial charge in [-0.1, -0.05) is 6.92 Å². The summed E-state index contributed by atoms with van der Waals surface area (Å²) in [4.78, 5) is 25.2. The number of carboxylic acids is 1. The third kappa shape index (κ3) is 1.46. The summed E-state index contributed by atoms with van der Waals surface area (Å²) >= 11 is 0. The van der Waals surface area contributed by atoms with Gasteiger partial charge in [-0.05, 0) is 36.8 Å². The van der Waals surface area contributed by atoms with Crippen LogP contribution in [-0.2, 0) is 19.3 Å². The maximum Gasteiger partial charge on any atom is 0.341 e. The Labute approximate surface area is 87.0 Å². The van der Waals surface area contributed by atoms with E-state index in [0.29, 0.717) is 6.42 Å². The third-order valence-corrected chi connectivity index (χ3v) is 2.94. The Balaban J connectivity index is 2.74. The van der Waals surface area contributed by atoms with Crippen LogP contribution in [0.5, 0.6) is 0 Å². The van der Waals surface area contributed by atoms with Crippen molar-refractivity contribution in [1.82, 2.24) is 4.98 Å². The molecule has 1 aliphatic rings. The zero-order valence-corrected chi connectivity index (χ0v) is 8.59. The van der Waals surface area contributed by atoms with Crippen LogP contribution in [-0.4, -0.2) is 16.1 Å². The smallest absolute Gasteiger partial charge is 0.341 e. The van der Waals surface area contributed by atoms with E-state index in [1.165, 1.54) is 0 Å². The second-order valence-corrected chi connectivity index (χ2v) is 3.78. The predicted molar refractivity (Wildman–Crippen MR) is 55.4 cm³/mol. The summed E-state index contributed by atoms with van der Waals surface area (Å²) < 4.78 is 0. The summed E-state index contributed by atoms with van der Waals surface area (Å²) in [7, 11) is 0. The molecular formula is C11H13NO3. The molecule has 0 spiro atoms. The van der Waals surface area contributed by atoms with Gasteiger partial charge in [-0.25, -0.2) is 4.79 Å². The quantitative estimate of drug-likeness (QED) is 0.763. The lowest BCUT2D eigenvalue weighted by Gasteiger charge is -2.08. The van der Waals surface area contributed by atoms with Gasteiger partial charge in [-0.3, -0.25) is 4.79 Å². The summed E-state index contributed by atoms with van der Waals surface area (Å²) in [5.41, 5.74) is 2.19. The van der Waals surface area contributed by atoms with E-state index in [1.54, 1.807) is 0 Å². The van der Waals surface area contributed by atoms with Crippen molar-refractivity contribution in [2.75, 3.05) is 0 Å². The lowest BCUT2D eigenvalue weighted by molar-refractivity contribution is 0.0693. The maximum atomic E-state index is 11.6. The van der Waals surface area contributed by atoms with Gasteiger partial charge in [0.05, 0.1) is 0 Å². The molecule has 4 heteroatoms. The molecule has 0 fully saturated rings. The first-order valence-electron chi connectivity index (χ1n) is 5.15. The fraction of sp³-hybridized carbons (Fsp3) is 0.455. The molecule has 15 heavy (non-hydrogen) atoms. The number of rotatable bonds is 2. The molecule has 0 saturated heterocycles. The summed E-state index contributed by atoms with van der Waals surface area (Å²) in [5, 5.41) is 8.97. The molecule has 1 heterocycles. The molecule has 0 bridgehead atoms. The van der Waals surface area contributed by atoms with Crippen molar-refractivity contribution >= 4 is 5.97 Å². The van der Waals surface area contributed by atoms with Gasteiger partial charge in [0.15, 0.2) is 0 Å². The number of aromatic amines is 1. The van der Waals surface area contributed by atoms with Crippen LogP contribution in [0.1, 0.15) is 40.5 Å². The van der Waals surface area contributed by atoms with Crippen LogP contribution >= 0.6 is 0 Å². The number of hydrogen-bond donors (Lipinski definition) is 2. The second kappa shape index (κ2) is 3.53. The molecule has 0 radical (unpaired) electrons. The molecule has 0 amide bonds. The molecule has 0 aromatic carbocycles. The molecule has 2 N–H and O–H groups in total. The van der Waals surface area contributed by atoms with E-state index < -0.39 is 11.5 Å². The van der Waals surface area contributed by atoms with E-state index in [1.807, 2.05) is 6.92 Å². The largest absolute Gasteiger partial charge is 0.477 e. The fourth-order valence-corrected chi connectivity index (χ4v) is 2.29. The van der Waals surface area contributed by atoms with Crippen LogP contribution in [0.3, 0.4) is 0 Å². The van der Waals surface area contributed by atoms with Crippen molar-refractivity contribution in [3.8, 4) is 0 Å². The van der Waals surface area contributed by atoms with Gasteiger partial charge in [0.2, 0.25) is 0 Å². The molecular weight excluding hydrogens is 194 g/mol. The molecule has 80 valence electrons. The number of pyridine rings is 1. The van der Waals surface area contributed by atoms with Crippen LogP contribution in [0.2, 0.25) is 0 Å². The van der Waals surface area contributed by atoms with E-state index in [4.69, 9.17) is 5.11 Å². The molecule has 2 rings (SSSR count). The molecule has 4 nitrogen and oxygen atoms in total. The average Bonchev–Trinajstić information content (AvgIpc) is 2.63. The lowest BCUT2D eigenvalue weighted by atomic mass is 10.0. The highest BCUT2D eigenvalue weighted by molar-refractivity contribution is 5.89. The van der Waals surface area contributed by atoms with Crippen molar-refractivity contribution in [1.29, 1.82) is 0 Å². The molecule has 0 saturated carbocycles. The van der Waals surface area contributed by atoms with Gasteiger partial charge in [0.1, 0.15) is 5.56 Å². The highest BCUT2D eigenvalue weighted by Gasteiger charge is 2.24. The third-order valence-electron chi connectivity index (χ3n) is 2.94. The number of aromatic nitrogens is 1. The first-order chi connectivity index (χ1) is 7.15. The van der Waals surface area contributed by atoms with Crippen LogP contribution in [0.4, 0.5) is 0 Å². The normalized spacial score (nSPS) is 13.9. The Morgan fingerprint density at radius 1 is 1.40 bits per heavy atom. The van der Waals surface area contributed by atoms with E-state index >= 15 is 0 Å². The number of hydrogen-bond acceptors (Lipinski definition) is 2. The Bertz CT molecular complexity index is 473. The SMILES string of the molecule is CCc1[nH]c(=O)c(C(=O)O)c2c1CCC2. The Morgan fingerprint density at radius 2 is 2.07 bits per heavy atom. The lowest BCUT2D eigenvalue weighted by Crippen LogP contribution is -2.22. The maximum absolute atomic E-state index is 11.6. The minimum Gasteiger partial charge on any atom is -0.477 e. The fourth-order valence-electron chi connectivity index (χ4n) is 2.29. The minimum atomic E-state index is -1.11. The Hall–Kier alpha value is -1.58. The van der Waals surface area contributed by atoms with Gasteiger partial charge < -0.3 is 10.1 Å². The Morgan fingerprint density at radius 3 is 2.67 bits per heavy atom. The number of carboxylic acid groups (broad SMARTS) is 1. The number of carbonyl (C=O) groups is 1. The molecule has 1 aromatic heterocycles. The van der Waals surface area contributed by atoms with Gasteiger partial charge in [0.25, 0.3) is 5.56 Å². The number of aromatic carboxylic acids is 1. The topological polar surface area (TPSA) is 70.2 Å². The van der Waals surface area contributed by atoms with Crippen LogP contribution < -0.4 is 5.56 Å². The summed E-state index contributed by atoms with van der Waals surface area (Å²) in [5.74, 6) is -1.11. The number of aryl methyl sites for hydroxylation is 1. The van der Waals surface area contributed by atoms with Crippen molar-refractivity contribution in [3.63, 3.8) is 0 Å². The molecule has 0 aliphatic heterocycles. The standard InChI is InChI=1S/C11H13NO3/c1-2-8-6-4-3-5-7(6)9(11(14)15)10(13)12-8/h2-5H2,1H3,(H,12,13)(H,14,15). The van der Waals surface area contributed by atoms with Crippen LogP contribution in [0.15, 0.2) is 4.79 Å². The van der Waals surface area contributed by atoms with E-state index in [2.05, 4.69) is 4.98 Å². The van der Waals surface area contributed by atoms with Crippen LogP contribution in [0, 0.1) is 0 Å². The summed E-state index contributed by atoms with van der Waals surface area (Å²) in [6.07, 6.45) is 3.29. The van der Waals surface area contributed by atoms with Crippen molar-refractivity contribution < 1.29 is 9.90 Å². The highest BCUT2D eigenvalue weighted by Crippen LogP contribution is 2.25. The molecule has 1 aliphatic carbocycles. The monoisotopic (exact) mass is 207 g/mol. The van der Waals surface area contributed by atoms with Gasteiger partial charge >= 0.3 is 5.97 Å². The van der Waals surface area contributed by atoms with Gasteiger partial charge in [-0.15, -0.1) is 0 Å². The number of nitrogens with one attached hydrogen (secondary N) is 1. The first-order valence-corrected chi connectivity index (χ1v) is 5.15. The van der Waals surface area contributed by atoms with Crippen molar-refractivity contribution in [3.05, 3.63) is 32.7 Å². The van der Waals surface area contributed by atoms with E-state index in [0.717, 1.165) is 36.1 Å². The van der Waals surface area contributed by atoms with E-state index in [9.17, 15) is 9.59 Å². The van der Waals surface area contributed by atoms with Gasteiger partial charge in [0, 0.05) is 5.69 Å². The Kier molecular flexibility index (Phi) is 2.34. The van der Waals surface area contributed by atoms with Gasteiger partial charge in [-0.2, -0.15) is 0 Å². The first kappa shape index (κ1) is 9.96. The zero-order chi connectivity index (χ0) is 11.0. The minimum absolute atomic E-state index is 0.0558. The predicted octanol–water partition coefficient (Wildman–Crippen LogP) is 1.12. The number of fused-ring (bicyclic) bond motifs is 1. The molecule has 1 aromatic rings. The molecule has 0 unspecified atom stereocenters. The van der Waals surface area contributed by atoms with E-state index in [-0.39, 0.29) is 5.56 Å². The zero-order valence-electron chi connectivity index (χ0n) is 8.59. The van der Waals surface area contributed by atoms with Crippen molar-refractivity contribution in [2.24, 2.45) is 0 Å². The van der Waals surface area contributed by atoms with Crippen molar-refractivity contribution in [2.45, 2.75) is 32.6 Å². The van der Waals surface area contributed by atoms with Crippen LogP contribution in [0.25, 0.3) is 0 Å². The molecule has 0 atom stereocenters. The number of H-pyrrole nitrogens is 1. The summed E-state index contributed by atoms with van der Waals surface area (Å²) in [6.45, 7) is 1.96. The second-order valence-electron chi connectivity index (χ2n) is 3.78. The average molecular weight is 207 g/mol. The highest BCUT2D eigenvalue weighted by atomic mass is 16.4. The summed E-state index contributed by atoms with van der Waals surface area (Å²) in [6, 6.07) is 0.